The number of carbonyl (C=O) groups excluding carboxylic acids is 2. The van der Waals surface area contributed by atoms with E-state index >= 15 is 0 Å². The van der Waals surface area contributed by atoms with Gasteiger partial charge in [-0.1, -0.05) is 26.7 Å². The Morgan fingerprint density at radius 3 is 1.27 bits per heavy atom. The van der Waals surface area contributed by atoms with Gasteiger partial charge in [-0.05, 0) is 12.8 Å². The van der Waals surface area contributed by atoms with Crippen LogP contribution in [0.3, 0.4) is 0 Å². The number of allylic oxidation sites excluding steroid dienone is 1. The molecule has 0 aromatic heterocycles. The van der Waals surface area contributed by atoms with Crippen LogP contribution < -0.4 is 0 Å². The zero-order valence-corrected chi connectivity index (χ0v) is 29.9. The molecule has 0 bridgehead atoms. The molecular weight excluding hydrogens is 693 g/mol. The second-order valence-electron chi connectivity index (χ2n) is 11.7. The van der Waals surface area contributed by atoms with Crippen molar-refractivity contribution in [1.82, 2.24) is 0 Å². The van der Waals surface area contributed by atoms with Crippen molar-refractivity contribution in [2.75, 3.05) is 13.2 Å². The minimum absolute atomic E-state index is 0.00607. The van der Waals surface area contributed by atoms with E-state index in [1.807, 2.05) is 3.21 Å². The van der Waals surface area contributed by atoms with E-state index in [0.29, 0.717) is 26.1 Å². The topological polar surface area (TPSA) is 52.6 Å². The van der Waals surface area contributed by atoms with Crippen LogP contribution in [0.5, 0.6) is 0 Å². The van der Waals surface area contributed by atoms with Crippen molar-refractivity contribution in [2.24, 2.45) is 0 Å². The summed E-state index contributed by atoms with van der Waals surface area (Å²) in [6, 6.07) is 0. The summed E-state index contributed by atoms with van der Waals surface area (Å²) in [5, 5.41) is 0. The SMILES string of the molecule is CCCCOC(=O)CCCCCCCCCCCC1=[CH][Bi]=[C]1CCCCCCCCCCCC(=O)OCCCC. The van der Waals surface area contributed by atoms with E-state index in [2.05, 4.69) is 17.6 Å². The summed E-state index contributed by atoms with van der Waals surface area (Å²) in [5.41, 5.74) is 1.76. The smallest absolute Gasteiger partial charge is 0.466 e. The second-order valence-corrected chi connectivity index (χ2v) is 15.8. The van der Waals surface area contributed by atoms with Gasteiger partial charge in [-0.25, -0.2) is 0 Å². The number of hydrogen-bond acceptors (Lipinski definition) is 4. The molecule has 0 aliphatic carbocycles. The van der Waals surface area contributed by atoms with E-state index in [-0.39, 0.29) is 34.7 Å². The molecule has 0 radical (unpaired) electrons. The Morgan fingerprint density at radius 1 is 0.525 bits per heavy atom. The first kappa shape index (κ1) is 37.5. The number of ether oxygens (including phenoxy) is 2. The average Bonchev–Trinajstić information content (AvgIpc) is 2.93. The minimum Gasteiger partial charge on any atom is -0.466 e. The van der Waals surface area contributed by atoms with Gasteiger partial charge in [0.2, 0.25) is 0 Å². The number of rotatable bonds is 30. The van der Waals surface area contributed by atoms with E-state index in [4.69, 9.17) is 9.47 Å². The van der Waals surface area contributed by atoms with Crippen LogP contribution >= 0.6 is 0 Å². The maximum absolute atomic E-state index is 11.6. The van der Waals surface area contributed by atoms with Crippen LogP contribution in [0.25, 0.3) is 0 Å². The zero-order valence-electron chi connectivity index (χ0n) is 26.5. The van der Waals surface area contributed by atoms with E-state index in [0.717, 1.165) is 38.5 Å². The molecule has 0 N–H and O–H groups in total. The fourth-order valence-electron chi connectivity index (χ4n) is 5.11. The number of esters is 2. The zero-order chi connectivity index (χ0) is 28.9. The molecule has 0 atom stereocenters. The van der Waals surface area contributed by atoms with Gasteiger partial charge in [-0.2, -0.15) is 0 Å². The van der Waals surface area contributed by atoms with Gasteiger partial charge in [-0.15, -0.1) is 0 Å². The third-order valence-electron chi connectivity index (χ3n) is 7.89. The summed E-state index contributed by atoms with van der Waals surface area (Å²) < 4.78 is 15.0. The van der Waals surface area contributed by atoms with Gasteiger partial charge in [0.25, 0.3) is 0 Å². The maximum atomic E-state index is 11.6. The molecule has 232 valence electrons. The minimum atomic E-state index is -0.340. The fraction of sp³-hybridized carbons (Fsp3) is 0.857. The quantitative estimate of drug-likeness (QED) is 0.0416. The first-order valence-electron chi connectivity index (χ1n) is 17.2. The van der Waals surface area contributed by atoms with Gasteiger partial charge in [0.05, 0.1) is 13.2 Å². The molecule has 0 unspecified atom stereocenters. The molecule has 1 rings (SSSR count). The van der Waals surface area contributed by atoms with Crippen molar-refractivity contribution in [3.05, 3.63) is 9.36 Å². The van der Waals surface area contributed by atoms with Crippen molar-refractivity contribution in [2.45, 2.75) is 181 Å². The Morgan fingerprint density at radius 2 is 0.900 bits per heavy atom. The predicted octanol–water partition coefficient (Wildman–Crippen LogP) is 10.0. The Hall–Kier alpha value is -0.567. The molecule has 0 spiro atoms. The van der Waals surface area contributed by atoms with Crippen molar-refractivity contribution in [3.63, 3.8) is 0 Å². The molecule has 0 saturated carbocycles. The normalized spacial score (nSPS) is 12.6. The van der Waals surface area contributed by atoms with Crippen LogP contribution in [0.15, 0.2) is 9.36 Å². The molecule has 40 heavy (non-hydrogen) atoms. The summed E-state index contributed by atoms with van der Waals surface area (Å²) in [6.07, 6.45) is 31.4. The second kappa shape index (κ2) is 28.5. The van der Waals surface area contributed by atoms with Crippen LogP contribution in [0, 0.1) is 0 Å². The summed E-state index contributed by atoms with van der Waals surface area (Å²) >= 11 is -0.340. The molecule has 0 aromatic rings. The Bertz CT molecular complexity index is 627. The van der Waals surface area contributed by atoms with Crippen molar-refractivity contribution in [1.29, 1.82) is 0 Å². The van der Waals surface area contributed by atoms with Gasteiger partial charge in [-0.3, -0.25) is 9.59 Å². The number of hydrogen-bond donors (Lipinski definition) is 0. The van der Waals surface area contributed by atoms with E-state index in [1.165, 1.54) is 116 Å². The van der Waals surface area contributed by atoms with Crippen LogP contribution in [0.4, 0.5) is 0 Å². The summed E-state index contributed by atoms with van der Waals surface area (Å²) in [4.78, 5) is 23.2. The van der Waals surface area contributed by atoms with Crippen molar-refractivity contribution < 1.29 is 19.1 Å². The van der Waals surface area contributed by atoms with E-state index in [9.17, 15) is 9.59 Å². The van der Waals surface area contributed by atoms with Crippen LogP contribution in [-0.4, -0.2) is 51.1 Å². The molecule has 1 aliphatic rings. The van der Waals surface area contributed by atoms with Crippen molar-refractivity contribution >= 4 is 37.9 Å². The number of unbranched alkanes of at least 4 members (excludes halogenated alkanes) is 18. The van der Waals surface area contributed by atoms with Gasteiger partial charge in [0, 0.05) is 6.42 Å². The Balaban J connectivity index is 1.79. The molecule has 0 saturated heterocycles. The van der Waals surface area contributed by atoms with Gasteiger partial charge >= 0.3 is 182 Å². The third kappa shape index (κ3) is 23.0. The molecule has 0 aromatic carbocycles. The Kier molecular flexibility index (Phi) is 26.7. The van der Waals surface area contributed by atoms with Gasteiger partial charge in [0.1, 0.15) is 0 Å². The van der Waals surface area contributed by atoms with Crippen LogP contribution in [-0.2, 0) is 19.1 Å². The monoisotopic (exact) mass is 756 g/mol. The molecule has 0 fully saturated rings. The van der Waals surface area contributed by atoms with Crippen LogP contribution in [0.1, 0.15) is 181 Å². The van der Waals surface area contributed by atoms with Gasteiger partial charge in [0.15, 0.2) is 0 Å². The summed E-state index contributed by atoms with van der Waals surface area (Å²) in [6.45, 7) is 5.43. The first-order chi connectivity index (χ1) is 19.7. The van der Waals surface area contributed by atoms with Crippen molar-refractivity contribution in [3.8, 4) is 0 Å². The summed E-state index contributed by atoms with van der Waals surface area (Å²) in [5.74, 6) is -0.0129. The molecule has 0 amide bonds. The average molecular weight is 757 g/mol. The van der Waals surface area contributed by atoms with Gasteiger partial charge < -0.3 is 9.47 Å². The standard InChI is InChI=1S/C35H63O4.Bi/c1-4-6-31-38-34(36)29-25-21-17-13-9-8-11-15-19-23-27-33(3)28-24-20-16-12-10-14-18-22-26-30-35(37)39-32-7-5-2;/h3H,4-26,28-32H2,1-2H3;. The molecule has 5 heteroatoms. The molecule has 1 heterocycles. The molecular formula is C35H63BiO4. The third-order valence-corrected chi connectivity index (χ3v) is 12.8. The predicted molar refractivity (Wildman–Crippen MR) is 172 cm³/mol. The van der Waals surface area contributed by atoms with E-state index in [1.54, 1.807) is 5.57 Å². The Labute approximate surface area is 259 Å². The van der Waals surface area contributed by atoms with Crippen LogP contribution in [0.2, 0.25) is 0 Å². The number of carbonyl (C=O) groups is 2. The molecule has 4 nitrogen and oxygen atoms in total. The molecule has 1 aliphatic heterocycles. The summed E-state index contributed by atoms with van der Waals surface area (Å²) in [7, 11) is 0. The fourth-order valence-corrected chi connectivity index (χ4v) is 9.08. The van der Waals surface area contributed by atoms with E-state index < -0.39 is 0 Å². The first-order valence-corrected chi connectivity index (χ1v) is 21.0.